The van der Waals surface area contributed by atoms with Crippen LogP contribution in [0.4, 0.5) is 5.69 Å². The van der Waals surface area contributed by atoms with E-state index in [0.29, 0.717) is 18.7 Å². The second-order valence-electron chi connectivity index (χ2n) is 5.26. The molecule has 1 unspecified atom stereocenters. The molecule has 110 valence electrons. The maximum Gasteiger partial charge on any atom is 0.277 e. The van der Waals surface area contributed by atoms with Crippen LogP contribution in [0.25, 0.3) is 0 Å². The summed E-state index contributed by atoms with van der Waals surface area (Å²) in [5.41, 5.74) is 1.95. The lowest BCUT2D eigenvalue weighted by molar-refractivity contribution is -0.112. The van der Waals surface area contributed by atoms with Crippen molar-refractivity contribution in [1.29, 1.82) is 0 Å². The molecule has 0 bridgehead atoms. The van der Waals surface area contributed by atoms with Crippen molar-refractivity contribution < 1.29 is 13.2 Å². The Morgan fingerprint density at radius 1 is 1.38 bits per heavy atom. The Balaban J connectivity index is 1.99. The van der Waals surface area contributed by atoms with E-state index in [-0.39, 0.29) is 23.5 Å². The van der Waals surface area contributed by atoms with Gasteiger partial charge in [0.15, 0.2) is 9.84 Å². The third-order valence-corrected chi connectivity index (χ3v) is 5.48. The quantitative estimate of drug-likeness (QED) is 0.788. The summed E-state index contributed by atoms with van der Waals surface area (Å²) in [5.74, 6) is 0.00837. The van der Waals surface area contributed by atoms with Gasteiger partial charge < -0.3 is 4.90 Å². The zero-order valence-electron chi connectivity index (χ0n) is 11.5. The topological polar surface area (TPSA) is 66.8 Å². The van der Waals surface area contributed by atoms with Crippen molar-refractivity contribution in [1.82, 2.24) is 0 Å². The molecule has 0 spiro atoms. The normalized spacial score (nSPS) is 25.3. The summed E-state index contributed by atoms with van der Waals surface area (Å²) in [6.07, 6.45) is 2.15. The molecule has 2 aliphatic rings. The van der Waals surface area contributed by atoms with Gasteiger partial charge in [-0.3, -0.25) is 9.79 Å². The van der Waals surface area contributed by atoms with E-state index >= 15 is 0 Å². The molecule has 1 atom stereocenters. The summed E-state index contributed by atoms with van der Waals surface area (Å²) in [4.78, 5) is 18.6. The molecule has 0 N–H and O–H groups in total. The maximum absolute atomic E-state index is 12.5. The highest BCUT2D eigenvalue weighted by Crippen LogP contribution is 2.30. The highest BCUT2D eigenvalue weighted by molar-refractivity contribution is 7.91. The fourth-order valence-electron chi connectivity index (χ4n) is 2.76. The Morgan fingerprint density at radius 3 is 2.81 bits per heavy atom. The number of amides is 1. The van der Waals surface area contributed by atoms with Crippen LogP contribution in [0.1, 0.15) is 12.0 Å². The lowest BCUT2D eigenvalue weighted by Crippen LogP contribution is -2.30. The first-order chi connectivity index (χ1) is 10.0. The molecule has 1 aromatic rings. The molecule has 0 aromatic heterocycles. The number of carbonyl (C=O) groups excluding carboxylic acids is 1. The minimum atomic E-state index is -3.00. The summed E-state index contributed by atoms with van der Waals surface area (Å²) < 4.78 is 23.1. The van der Waals surface area contributed by atoms with Crippen LogP contribution in [0.3, 0.4) is 0 Å². The lowest BCUT2D eigenvalue weighted by Gasteiger charge is -2.13. The number of sulfone groups is 1. The number of hydrogen-bond donors (Lipinski definition) is 0. The Bertz CT molecular complexity index is 737. The van der Waals surface area contributed by atoms with Crippen LogP contribution in [0, 0.1) is 0 Å². The molecule has 0 radical (unpaired) electrons. The lowest BCUT2D eigenvalue weighted by atomic mass is 10.1. The van der Waals surface area contributed by atoms with E-state index in [1.54, 1.807) is 11.0 Å². The van der Waals surface area contributed by atoms with E-state index < -0.39 is 9.84 Å². The fraction of sp³-hybridized carbons (Fsp3) is 0.333. The molecule has 0 aliphatic carbocycles. The van der Waals surface area contributed by atoms with E-state index in [1.807, 2.05) is 24.3 Å². The zero-order valence-corrected chi connectivity index (χ0v) is 12.3. The Labute approximate surface area is 123 Å². The van der Waals surface area contributed by atoms with Gasteiger partial charge in [-0.2, -0.15) is 0 Å². The van der Waals surface area contributed by atoms with E-state index in [1.165, 1.54) is 0 Å². The summed E-state index contributed by atoms with van der Waals surface area (Å²) in [5, 5.41) is 0. The van der Waals surface area contributed by atoms with E-state index in [0.717, 1.165) is 11.3 Å². The molecule has 3 rings (SSSR count). The van der Waals surface area contributed by atoms with E-state index in [9.17, 15) is 13.2 Å². The molecular formula is C15H16N2O3S. The van der Waals surface area contributed by atoms with Crippen LogP contribution in [0.5, 0.6) is 0 Å². The van der Waals surface area contributed by atoms with Crippen molar-refractivity contribution in [2.45, 2.75) is 12.5 Å². The van der Waals surface area contributed by atoms with Gasteiger partial charge in [-0.25, -0.2) is 8.42 Å². The molecule has 1 saturated heterocycles. The molecule has 2 heterocycles. The molecule has 1 fully saturated rings. The van der Waals surface area contributed by atoms with E-state index in [4.69, 9.17) is 0 Å². The molecule has 1 amide bonds. The molecule has 0 saturated carbocycles. The second kappa shape index (κ2) is 5.11. The number of carbonyl (C=O) groups is 1. The number of hydrogen-bond acceptors (Lipinski definition) is 4. The summed E-state index contributed by atoms with van der Waals surface area (Å²) in [6, 6.07) is 7.12. The molecule has 5 nitrogen and oxygen atoms in total. The van der Waals surface area contributed by atoms with Crippen LogP contribution in [-0.2, 0) is 14.6 Å². The molecular weight excluding hydrogens is 288 g/mol. The zero-order chi connectivity index (χ0) is 15.0. The predicted molar refractivity (Wildman–Crippen MR) is 82.6 cm³/mol. The Morgan fingerprint density at radius 2 is 2.14 bits per heavy atom. The van der Waals surface area contributed by atoms with Crippen molar-refractivity contribution in [3.8, 4) is 0 Å². The van der Waals surface area contributed by atoms with Gasteiger partial charge in [0.25, 0.3) is 5.91 Å². The highest BCUT2D eigenvalue weighted by atomic mass is 32.2. The standard InChI is InChI=1S/C15H16N2O3S/c1-2-8-17-13-6-4-3-5-12(13)14(15(17)18)16-11-7-9-21(19,20)10-11/h2-6,11H,1,7-10H2. The first-order valence-electron chi connectivity index (χ1n) is 6.82. The van der Waals surface area contributed by atoms with Crippen LogP contribution in [0.15, 0.2) is 41.9 Å². The minimum Gasteiger partial charge on any atom is -0.303 e. The van der Waals surface area contributed by atoms with Crippen molar-refractivity contribution in [3.63, 3.8) is 0 Å². The number of para-hydroxylation sites is 1. The van der Waals surface area contributed by atoms with Gasteiger partial charge in [0.05, 0.1) is 23.2 Å². The van der Waals surface area contributed by atoms with Crippen LogP contribution in [-0.4, -0.2) is 44.1 Å². The first kappa shape index (κ1) is 14.0. The van der Waals surface area contributed by atoms with Crippen LogP contribution < -0.4 is 4.90 Å². The number of anilines is 1. The molecule has 6 heteroatoms. The molecule has 21 heavy (non-hydrogen) atoms. The second-order valence-corrected chi connectivity index (χ2v) is 7.48. The number of aliphatic imine (C=N–C) groups is 1. The SMILES string of the molecule is C=CCN1C(=O)C(=NC2CCS(=O)(=O)C2)c2ccccc21. The number of nitrogens with zero attached hydrogens (tertiary/aromatic N) is 2. The highest BCUT2D eigenvalue weighted by Gasteiger charge is 2.35. The summed E-state index contributed by atoms with van der Waals surface area (Å²) >= 11 is 0. The smallest absolute Gasteiger partial charge is 0.277 e. The summed E-state index contributed by atoms with van der Waals surface area (Å²) in [7, 11) is -3.00. The monoisotopic (exact) mass is 304 g/mol. The first-order valence-corrected chi connectivity index (χ1v) is 8.64. The third kappa shape index (κ3) is 2.51. The van der Waals surface area contributed by atoms with Crippen LogP contribution >= 0.6 is 0 Å². The van der Waals surface area contributed by atoms with E-state index in [2.05, 4.69) is 11.6 Å². The van der Waals surface area contributed by atoms with Gasteiger partial charge in [-0.05, 0) is 12.5 Å². The largest absolute Gasteiger partial charge is 0.303 e. The van der Waals surface area contributed by atoms with Crippen molar-refractivity contribution in [2.75, 3.05) is 23.0 Å². The average molecular weight is 304 g/mol. The van der Waals surface area contributed by atoms with Gasteiger partial charge in [0.1, 0.15) is 5.71 Å². The van der Waals surface area contributed by atoms with Crippen LogP contribution in [0.2, 0.25) is 0 Å². The number of fused-ring (bicyclic) bond motifs is 1. The number of rotatable bonds is 3. The average Bonchev–Trinajstić information content (AvgIpc) is 2.92. The van der Waals surface area contributed by atoms with Gasteiger partial charge in [-0.15, -0.1) is 6.58 Å². The Kier molecular flexibility index (Phi) is 3.41. The van der Waals surface area contributed by atoms with Gasteiger partial charge in [0, 0.05) is 12.1 Å². The Hall–Kier alpha value is -1.95. The van der Waals surface area contributed by atoms with Gasteiger partial charge in [-0.1, -0.05) is 24.3 Å². The van der Waals surface area contributed by atoms with Crippen molar-refractivity contribution in [3.05, 3.63) is 42.5 Å². The van der Waals surface area contributed by atoms with Gasteiger partial charge >= 0.3 is 0 Å². The van der Waals surface area contributed by atoms with Crippen molar-refractivity contribution >= 4 is 27.1 Å². The summed E-state index contributed by atoms with van der Waals surface area (Å²) in [6.45, 7) is 4.08. The fourth-order valence-corrected chi connectivity index (χ4v) is 4.38. The van der Waals surface area contributed by atoms with Crippen molar-refractivity contribution in [2.24, 2.45) is 4.99 Å². The molecule has 1 aromatic carbocycles. The molecule has 2 aliphatic heterocycles. The predicted octanol–water partition coefficient (Wildman–Crippen LogP) is 1.20. The van der Waals surface area contributed by atoms with Gasteiger partial charge in [0.2, 0.25) is 0 Å². The number of benzene rings is 1. The maximum atomic E-state index is 12.5. The third-order valence-electron chi connectivity index (χ3n) is 3.73. The minimum absolute atomic E-state index is 0.0351.